The summed E-state index contributed by atoms with van der Waals surface area (Å²) in [6.45, 7) is 8.42. The minimum atomic E-state index is -0.539. The fourth-order valence-electron chi connectivity index (χ4n) is 2.29. The van der Waals surface area contributed by atoms with Crippen LogP contribution in [0.15, 0.2) is 18.5 Å². The first-order valence-corrected chi connectivity index (χ1v) is 8.35. The third-order valence-electron chi connectivity index (χ3n) is 3.61. The number of nitrogens with one attached hydrogen (secondary N) is 1. The maximum Gasteiger partial charge on any atom is 0.373 e. The van der Waals surface area contributed by atoms with Crippen LogP contribution in [0.4, 0.5) is 11.5 Å². The lowest BCUT2D eigenvalue weighted by Crippen LogP contribution is -2.09. The molecule has 0 atom stereocenters. The van der Waals surface area contributed by atoms with Gasteiger partial charge in [-0.05, 0) is 49.4 Å². The van der Waals surface area contributed by atoms with E-state index in [2.05, 4.69) is 29.1 Å². The number of aryl methyl sites for hydroxylation is 2. The van der Waals surface area contributed by atoms with E-state index in [4.69, 9.17) is 16.3 Å². The van der Waals surface area contributed by atoms with E-state index >= 15 is 0 Å². The first-order chi connectivity index (χ1) is 11.8. The Kier molecular flexibility index (Phi) is 6.14. The normalized spacial score (nSPS) is 10.8. The van der Waals surface area contributed by atoms with Crippen molar-refractivity contribution in [2.45, 2.75) is 34.1 Å². The topological polar surface area (TPSA) is 90.2 Å². The molecule has 7 nitrogen and oxygen atoms in total. The summed E-state index contributed by atoms with van der Waals surface area (Å²) in [7, 11) is 0. The Morgan fingerprint density at radius 1 is 1.28 bits per heavy atom. The summed E-state index contributed by atoms with van der Waals surface area (Å²) >= 11 is 6.14. The van der Waals surface area contributed by atoms with Crippen molar-refractivity contribution >= 4 is 23.1 Å². The Morgan fingerprint density at radius 3 is 2.48 bits per heavy atom. The van der Waals surface area contributed by atoms with Crippen molar-refractivity contribution < 1.29 is 9.66 Å². The zero-order chi connectivity index (χ0) is 18.6. The van der Waals surface area contributed by atoms with Gasteiger partial charge in [0.1, 0.15) is 12.1 Å². The second-order valence-electron chi connectivity index (χ2n) is 6.22. The summed E-state index contributed by atoms with van der Waals surface area (Å²) in [5.41, 5.74) is 1.36. The quantitative estimate of drug-likeness (QED) is 0.554. The van der Waals surface area contributed by atoms with Crippen LogP contribution < -0.4 is 10.1 Å². The van der Waals surface area contributed by atoms with E-state index in [9.17, 15) is 10.1 Å². The van der Waals surface area contributed by atoms with Gasteiger partial charge in [0.2, 0.25) is 5.82 Å². The number of rotatable bonds is 7. The molecular formula is C17H21ClN4O3. The molecule has 0 radical (unpaired) electrons. The Hall–Kier alpha value is -2.41. The fourth-order valence-corrected chi connectivity index (χ4v) is 2.40. The number of aromatic nitrogens is 2. The van der Waals surface area contributed by atoms with Gasteiger partial charge < -0.3 is 10.1 Å². The van der Waals surface area contributed by atoms with Crippen LogP contribution in [0.1, 0.15) is 31.4 Å². The lowest BCUT2D eigenvalue weighted by atomic mass is 10.1. The van der Waals surface area contributed by atoms with Crippen molar-refractivity contribution in [3.63, 3.8) is 0 Å². The summed E-state index contributed by atoms with van der Waals surface area (Å²) in [6, 6.07) is 3.43. The van der Waals surface area contributed by atoms with Crippen LogP contribution in [0, 0.1) is 29.9 Å². The molecular weight excluding hydrogens is 344 g/mol. The zero-order valence-corrected chi connectivity index (χ0v) is 15.4. The van der Waals surface area contributed by atoms with E-state index < -0.39 is 4.92 Å². The van der Waals surface area contributed by atoms with Gasteiger partial charge in [-0.25, -0.2) is 4.98 Å². The Bertz CT molecular complexity index is 757. The largest absolute Gasteiger partial charge is 0.434 e. The lowest BCUT2D eigenvalue weighted by Gasteiger charge is -2.11. The number of hydrogen-bond donors (Lipinski definition) is 1. The Balaban J connectivity index is 2.33. The average Bonchev–Trinajstić information content (AvgIpc) is 2.52. The molecule has 0 bridgehead atoms. The van der Waals surface area contributed by atoms with Crippen molar-refractivity contribution in [3.05, 3.63) is 44.7 Å². The highest BCUT2D eigenvalue weighted by molar-refractivity contribution is 6.32. The minimum absolute atomic E-state index is 0.104. The first-order valence-electron chi connectivity index (χ1n) is 7.97. The highest BCUT2D eigenvalue weighted by atomic mass is 35.5. The van der Waals surface area contributed by atoms with E-state index in [0.717, 1.165) is 17.5 Å². The minimum Gasteiger partial charge on any atom is -0.434 e. The maximum atomic E-state index is 11.5. The third kappa shape index (κ3) is 4.79. The molecule has 0 saturated carbocycles. The van der Waals surface area contributed by atoms with E-state index in [1.165, 1.54) is 6.33 Å². The van der Waals surface area contributed by atoms with Crippen LogP contribution in [-0.4, -0.2) is 21.4 Å². The molecule has 0 amide bonds. The van der Waals surface area contributed by atoms with Gasteiger partial charge in [-0.2, -0.15) is 4.98 Å². The molecule has 1 aromatic carbocycles. The predicted octanol–water partition coefficient (Wildman–Crippen LogP) is 4.91. The monoisotopic (exact) mass is 364 g/mol. The molecule has 25 heavy (non-hydrogen) atoms. The SMILES string of the molecule is Cc1cc(Oc2ncnc(NCCC(C)C)c2[N+](=O)[O-])cc(C)c1Cl. The molecule has 8 heteroatoms. The molecule has 0 spiro atoms. The number of anilines is 1. The van der Waals surface area contributed by atoms with E-state index in [1.807, 2.05) is 13.8 Å². The second-order valence-corrected chi connectivity index (χ2v) is 6.59. The summed E-state index contributed by atoms with van der Waals surface area (Å²) in [5, 5.41) is 15.1. The highest BCUT2D eigenvalue weighted by Crippen LogP contribution is 2.35. The van der Waals surface area contributed by atoms with Crippen LogP contribution in [0.5, 0.6) is 11.6 Å². The number of nitrogens with zero attached hydrogens (tertiary/aromatic N) is 3. The van der Waals surface area contributed by atoms with Crippen molar-refractivity contribution in [2.75, 3.05) is 11.9 Å². The summed E-state index contributed by atoms with van der Waals surface area (Å²) in [6.07, 6.45) is 2.11. The van der Waals surface area contributed by atoms with Crippen molar-refractivity contribution in [1.29, 1.82) is 0 Å². The number of nitro groups is 1. The molecule has 1 N–H and O–H groups in total. The molecule has 134 valence electrons. The molecule has 2 aromatic rings. The summed E-state index contributed by atoms with van der Waals surface area (Å²) in [5.74, 6) is 0.963. The summed E-state index contributed by atoms with van der Waals surface area (Å²) in [4.78, 5) is 18.9. The summed E-state index contributed by atoms with van der Waals surface area (Å²) < 4.78 is 5.66. The number of ether oxygens (including phenoxy) is 1. The van der Waals surface area contributed by atoms with Crippen LogP contribution >= 0.6 is 11.6 Å². The highest BCUT2D eigenvalue weighted by Gasteiger charge is 2.25. The van der Waals surface area contributed by atoms with E-state index in [1.54, 1.807) is 12.1 Å². The van der Waals surface area contributed by atoms with Crippen LogP contribution in [0.25, 0.3) is 0 Å². The molecule has 1 heterocycles. The molecule has 0 saturated heterocycles. The number of halogens is 1. The number of benzene rings is 1. The second kappa shape index (κ2) is 8.11. The Morgan fingerprint density at radius 2 is 1.92 bits per heavy atom. The van der Waals surface area contributed by atoms with Gasteiger partial charge in [-0.3, -0.25) is 10.1 Å². The zero-order valence-electron chi connectivity index (χ0n) is 14.7. The molecule has 0 fully saturated rings. The number of hydrogen-bond acceptors (Lipinski definition) is 6. The molecule has 1 aromatic heterocycles. The van der Waals surface area contributed by atoms with Gasteiger partial charge in [0.25, 0.3) is 0 Å². The van der Waals surface area contributed by atoms with Gasteiger partial charge >= 0.3 is 11.6 Å². The predicted molar refractivity (Wildman–Crippen MR) is 97.6 cm³/mol. The molecule has 0 aliphatic rings. The standard InChI is InChI=1S/C17H21ClN4O3/c1-10(2)5-6-19-16-15(22(23)24)17(21-9-20-16)25-13-7-11(3)14(18)12(4)8-13/h7-10H,5-6H2,1-4H3,(H,19,20,21). The van der Waals surface area contributed by atoms with Crippen LogP contribution in [-0.2, 0) is 0 Å². The maximum absolute atomic E-state index is 11.5. The lowest BCUT2D eigenvalue weighted by molar-refractivity contribution is -0.385. The smallest absolute Gasteiger partial charge is 0.373 e. The van der Waals surface area contributed by atoms with Gasteiger partial charge in [-0.1, -0.05) is 25.4 Å². The van der Waals surface area contributed by atoms with Gasteiger partial charge in [-0.15, -0.1) is 0 Å². The van der Waals surface area contributed by atoms with Crippen LogP contribution in [0.3, 0.4) is 0 Å². The van der Waals surface area contributed by atoms with Gasteiger partial charge in [0, 0.05) is 11.6 Å². The Labute approximate surface area is 151 Å². The molecule has 0 aliphatic carbocycles. The van der Waals surface area contributed by atoms with E-state index in [0.29, 0.717) is 23.2 Å². The molecule has 2 rings (SSSR count). The fraction of sp³-hybridized carbons (Fsp3) is 0.412. The molecule has 0 unspecified atom stereocenters. The van der Waals surface area contributed by atoms with E-state index in [-0.39, 0.29) is 17.4 Å². The third-order valence-corrected chi connectivity index (χ3v) is 4.21. The van der Waals surface area contributed by atoms with Gasteiger partial charge in [0.15, 0.2) is 0 Å². The average molecular weight is 365 g/mol. The van der Waals surface area contributed by atoms with Crippen molar-refractivity contribution in [1.82, 2.24) is 9.97 Å². The van der Waals surface area contributed by atoms with Crippen molar-refractivity contribution in [2.24, 2.45) is 5.92 Å². The van der Waals surface area contributed by atoms with Gasteiger partial charge in [0.05, 0.1) is 4.92 Å². The first kappa shape index (κ1) is 18.9. The van der Waals surface area contributed by atoms with Crippen LogP contribution in [0.2, 0.25) is 5.02 Å². The molecule has 0 aliphatic heterocycles. The van der Waals surface area contributed by atoms with Crippen molar-refractivity contribution in [3.8, 4) is 11.6 Å².